The Bertz CT molecular complexity index is 284. The van der Waals surface area contributed by atoms with Gasteiger partial charge in [0.25, 0.3) is 0 Å². The van der Waals surface area contributed by atoms with Gasteiger partial charge in [0.15, 0.2) is 0 Å². The summed E-state index contributed by atoms with van der Waals surface area (Å²) in [5, 5.41) is 0. The molecule has 0 bridgehead atoms. The van der Waals surface area contributed by atoms with Gasteiger partial charge >= 0.3 is 0 Å². The fraction of sp³-hybridized carbons (Fsp3) is 0.375. The highest BCUT2D eigenvalue weighted by atomic mass is 15.0. The molecule has 0 aromatic carbocycles. The van der Waals surface area contributed by atoms with Crippen molar-refractivity contribution >= 4 is 0 Å². The summed E-state index contributed by atoms with van der Waals surface area (Å²) >= 11 is 0. The van der Waals surface area contributed by atoms with Gasteiger partial charge in [0.1, 0.15) is 5.49 Å². The molecule has 1 aromatic rings. The Hall–Kier alpha value is -1.05. The molecule has 0 aliphatic heterocycles. The van der Waals surface area contributed by atoms with Crippen molar-refractivity contribution in [2.75, 3.05) is 7.05 Å². The third kappa shape index (κ3) is 1.26. The molecular formula is C8H12N2. The first kappa shape index (κ1) is 7.06. The van der Waals surface area contributed by atoms with Crippen molar-refractivity contribution < 1.29 is 0 Å². The molecule has 54 valence electrons. The molecule has 0 N–H and O–H groups in total. The van der Waals surface area contributed by atoms with Gasteiger partial charge in [-0.25, -0.2) is 0 Å². The monoisotopic (exact) mass is 136 g/mol. The van der Waals surface area contributed by atoms with Gasteiger partial charge in [0.2, 0.25) is 0 Å². The Labute approximate surface area is 60.9 Å². The van der Waals surface area contributed by atoms with Gasteiger partial charge in [0.05, 0.1) is 0 Å². The van der Waals surface area contributed by atoms with E-state index in [-0.39, 0.29) is 0 Å². The molecule has 2 heteroatoms. The smallest absolute Gasteiger partial charge is 0.126 e. The highest BCUT2D eigenvalue weighted by Crippen LogP contribution is 1.88. The maximum absolute atomic E-state index is 4.07. The summed E-state index contributed by atoms with van der Waals surface area (Å²) in [5.41, 5.74) is 2.26. The fourth-order valence-corrected chi connectivity index (χ4v) is 0.970. The van der Waals surface area contributed by atoms with Crippen molar-refractivity contribution in [1.29, 1.82) is 0 Å². The van der Waals surface area contributed by atoms with Crippen LogP contribution in [0.3, 0.4) is 0 Å². The number of pyridine rings is 1. The first-order valence-electron chi connectivity index (χ1n) is 3.30. The lowest BCUT2D eigenvalue weighted by Crippen LogP contribution is -2.16. The molecule has 1 rings (SSSR count). The predicted octanol–water partition coefficient (Wildman–Crippen LogP) is 0.864. The van der Waals surface area contributed by atoms with Gasteiger partial charge in [-0.3, -0.25) is 4.99 Å². The molecule has 0 spiro atoms. The Morgan fingerprint density at radius 1 is 1.40 bits per heavy atom. The molecule has 0 amide bonds. The van der Waals surface area contributed by atoms with Crippen LogP contribution in [0.5, 0.6) is 0 Å². The second kappa shape index (κ2) is 2.69. The SMILES string of the molecule is CN=c1ccc(C)cn1C. The zero-order chi connectivity index (χ0) is 7.56. The van der Waals surface area contributed by atoms with Crippen LogP contribution in [0.4, 0.5) is 0 Å². The predicted molar refractivity (Wildman–Crippen MR) is 41.6 cm³/mol. The third-order valence-electron chi connectivity index (χ3n) is 1.48. The van der Waals surface area contributed by atoms with Crippen molar-refractivity contribution in [3.63, 3.8) is 0 Å². The van der Waals surface area contributed by atoms with Crippen molar-refractivity contribution in [1.82, 2.24) is 4.57 Å². The quantitative estimate of drug-likeness (QED) is 0.503. The number of aromatic nitrogens is 1. The Balaban J connectivity index is 3.34. The Morgan fingerprint density at radius 2 is 2.10 bits per heavy atom. The van der Waals surface area contributed by atoms with Crippen LogP contribution in [-0.2, 0) is 7.05 Å². The van der Waals surface area contributed by atoms with E-state index in [4.69, 9.17) is 0 Å². The largest absolute Gasteiger partial charge is 0.336 e. The summed E-state index contributed by atoms with van der Waals surface area (Å²) in [6.07, 6.45) is 2.06. The summed E-state index contributed by atoms with van der Waals surface area (Å²) in [6.45, 7) is 2.07. The molecule has 0 saturated carbocycles. The van der Waals surface area contributed by atoms with Crippen LogP contribution in [0.1, 0.15) is 5.56 Å². The third-order valence-corrected chi connectivity index (χ3v) is 1.48. The summed E-state index contributed by atoms with van der Waals surface area (Å²) in [6, 6.07) is 4.07. The topological polar surface area (TPSA) is 17.3 Å². The number of nitrogens with zero attached hydrogens (tertiary/aromatic N) is 2. The summed E-state index contributed by atoms with van der Waals surface area (Å²) in [7, 11) is 3.79. The maximum atomic E-state index is 4.07. The van der Waals surface area contributed by atoms with Gasteiger partial charge in [-0.2, -0.15) is 0 Å². The summed E-state index contributed by atoms with van der Waals surface area (Å²) in [5.74, 6) is 0. The van der Waals surface area contributed by atoms with Crippen molar-refractivity contribution in [3.05, 3.63) is 29.4 Å². The molecule has 0 unspecified atom stereocenters. The number of hydrogen-bond donors (Lipinski definition) is 0. The summed E-state index contributed by atoms with van der Waals surface area (Å²) < 4.78 is 2.01. The molecule has 0 aliphatic rings. The minimum Gasteiger partial charge on any atom is -0.336 e. The normalized spacial score (nSPS) is 12.1. The van der Waals surface area contributed by atoms with Crippen LogP contribution in [0, 0.1) is 6.92 Å². The highest BCUT2D eigenvalue weighted by Gasteiger charge is 1.84. The maximum Gasteiger partial charge on any atom is 0.126 e. The molecular weight excluding hydrogens is 124 g/mol. The van der Waals surface area contributed by atoms with Crippen LogP contribution in [0.15, 0.2) is 23.3 Å². The van der Waals surface area contributed by atoms with Crippen molar-refractivity contribution in [2.24, 2.45) is 12.0 Å². The lowest BCUT2D eigenvalue weighted by Gasteiger charge is -1.98. The second-order valence-corrected chi connectivity index (χ2v) is 2.40. The molecule has 0 aliphatic carbocycles. The van der Waals surface area contributed by atoms with Crippen LogP contribution < -0.4 is 5.49 Å². The van der Waals surface area contributed by atoms with Gasteiger partial charge in [-0.05, 0) is 18.6 Å². The van der Waals surface area contributed by atoms with Gasteiger partial charge in [-0.15, -0.1) is 0 Å². The zero-order valence-electron chi connectivity index (χ0n) is 6.63. The van der Waals surface area contributed by atoms with Gasteiger partial charge < -0.3 is 4.57 Å². The Kier molecular flexibility index (Phi) is 1.90. The van der Waals surface area contributed by atoms with E-state index in [9.17, 15) is 0 Å². The number of aryl methyl sites for hydroxylation is 2. The first-order valence-corrected chi connectivity index (χ1v) is 3.30. The second-order valence-electron chi connectivity index (χ2n) is 2.40. The standard InChI is InChI=1S/C8H12N2/c1-7-4-5-8(9-2)10(3)6-7/h4-6H,1-3H3. The van der Waals surface area contributed by atoms with E-state index in [2.05, 4.69) is 24.2 Å². The molecule has 2 nitrogen and oxygen atoms in total. The molecule has 0 atom stereocenters. The van der Waals surface area contributed by atoms with E-state index in [0.717, 1.165) is 5.49 Å². The van der Waals surface area contributed by atoms with E-state index < -0.39 is 0 Å². The molecule has 0 fully saturated rings. The molecule has 0 radical (unpaired) electrons. The van der Waals surface area contributed by atoms with Gasteiger partial charge in [-0.1, -0.05) is 6.07 Å². The van der Waals surface area contributed by atoms with Crippen molar-refractivity contribution in [3.8, 4) is 0 Å². The van der Waals surface area contributed by atoms with Crippen LogP contribution >= 0.6 is 0 Å². The lowest BCUT2D eigenvalue weighted by molar-refractivity contribution is 0.821. The van der Waals surface area contributed by atoms with E-state index in [1.54, 1.807) is 7.05 Å². The average molecular weight is 136 g/mol. The Morgan fingerprint density at radius 3 is 2.60 bits per heavy atom. The molecule has 0 saturated heterocycles. The average Bonchev–Trinajstić information content (AvgIpc) is 1.88. The molecule has 10 heavy (non-hydrogen) atoms. The molecule has 1 heterocycles. The van der Waals surface area contributed by atoms with E-state index in [1.807, 2.05) is 17.7 Å². The fourth-order valence-electron chi connectivity index (χ4n) is 0.970. The van der Waals surface area contributed by atoms with Crippen molar-refractivity contribution in [2.45, 2.75) is 6.92 Å². The lowest BCUT2D eigenvalue weighted by atomic mass is 10.3. The van der Waals surface area contributed by atoms with Gasteiger partial charge in [0, 0.05) is 20.3 Å². The minimum atomic E-state index is 1.01. The van der Waals surface area contributed by atoms with E-state index >= 15 is 0 Å². The van der Waals surface area contributed by atoms with Crippen LogP contribution in [0.2, 0.25) is 0 Å². The molecule has 1 aromatic heterocycles. The van der Waals surface area contributed by atoms with Crippen LogP contribution in [-0.4, -0.2) is 11.6 Å². The van der Waals surface area contributed by atoms with E-state index in [0.29, 0.717) is 0 Å². The number of hydrogen-bond acceptors (Lipinski definition) is 1. The zero-order valence-corrected chi connectivity index (χ0v) is 6.63. The van der Waals surface area contributed by atoms with E-state index in [1.165, 1.54) is 5.56 Å². The first-order chi connectivity index (χ1) is 4.74. The highest BCUT2D eigenvalue weighted by molar-refractivity contribution is 5.06. The minimum absolute atomic E-state index is 1.01. The number of rotatable bonds is 0. The van der Waals surface area contributed by atoms with Crippen LogP contribution in [0.25, 0.3) is 0 Å². The summed E-state index contributed by atoms with van der Waals surface area (Å²) in [4.78, 5) is 4.07.